The van der Waals surface area contributed by atoms with Gasteiger partial charge in [-0.1, -0.05) is 23.7 Å². The fourth-order valence-corrected chi connectivity index (χ4v) is 3.82. The van der Waals surface area contributed by atoms with E-state index in [2.05, 4.69) is 4.72 Å². The molecule has 0 aliphatic heterocycles. The maximum Gasteiger partial charge on any atom is 0.265 e. The topological polar surface area (TPSA) is 66.4 Å². The van der Waals surface area contributed by atoms with Crippen molar-refractivity contribution in [1.82, 2.24) is 0 Å². The number of rotatable bonds is 3. The molecule has 0 amide bonds. The maximum atomic E-state index is 12.2. The molecule has 0 atom stereocenters. The minimum atomic E-state index is -3.83. The second-order valence-corrected chi connectivity index (χ2v) is 6.95. The summed E-state index contributed by atoms with van der Waals surface area (Å²) in [4.78, 5) is -0.166. The zero-order valence-corrected chi connectivity index (χ0v) is 13.2. The van der Waals surface area contributed by atoms with Crippen molar-refractivity contribution >= 4 is 49.9 Å². The molecule has 0 aliphatic rings. The van der Waals surface area contributed by atoms with Crippen LogP contribution in [0.5, 0.6) is 5.75 Å². The van der Waals surface area contributed by atoms with Crippen LogP contribution in [0.3, 0.4) is 0 Å². The lowest BCUT2D eigenvalue weighted by Crippen LogP contribution is -2.13. The van der Waals surface area contributed by atoms with Gasteiger partial charge in [-0.2, -0.15) is 0 Å². The Morgan fingerprint density at radius 1 is 1.16 bits per heavy atom. The number of sulfonamides is 1. The first-order valence-electron chi connectivity index (χ1n) is 5.16. The van der Waals surface area contributed by atoms with Crippen LogP contribution in [0.1, 0.15) is 0 Å². The number of phenolic OH excluding ortho intramolecular Hbond substituents is 1. The molecule has 0 aliphatic carbocycles. The quantitative estimate of drug-likeness (QED) is 0.763. The first-order valence-corrected chi connectivity index (χ1v) is 8.10. The summed E-state index contributed by atoms with van der Waals surface area (Å²) in [5, 5.41) is 10.1. The Labute approximate surface area is 129 Å². The number of hydrogen-bond acceptors (Lipinski definition) is 3. The first kappa shape index (κ1) is 14.4. The number of anilines is 1. The molecule has 2 N–H and O–H groups in total. The van der Waals surface area contributed by atoms with Gasteiger partial charge in [0.25, 0.3) is 10.0 Å². The van der Waals surface area contributed by atoms with E-state index in [0.29, 0.717) is 14.3 Å². The molecule has 100 valence electrons. The third-order valence-electron chi connectivity index (χ3n) is 2.33. The van der Waals surface area contributed by atoms with E-state index in [1.54, 1.807) is 30.3 Å². The number of benzene rings is 2. The van der Waals surface area contributed by atoms with Gasteiger partial charge in [-0.05, 0) is 52.9 Å². The summed E-state index contributed by atoms with van der Waals surface area (Å²) in [6.07, 6.45) is 0. The van der Waals surface area contributed by atoms with E-state index in [1.165, 1.54) is 12.1 Å². The van der Waals surface area contributed by atoms with E-state index in [4.69, 9.17) is 11.6 Å². The van der Waals surface area contributed by atoms with Gasteiger partial charge in [-0.3, -0.25) is 4.72 Å². The predicted octanol–water partition coefficient (Wildman–Crippen LogP) is 3.45. The molecule has 0 saturated carbocycles. The molecule has 0 radical (unpaired) electrons. The lowest BCUT2D eigenvalue weighted by Gasteiger charge is -2.11. The average molecular weight is 410 g/mol. The second-order valence-electron chi connectivity index (χ2n) is 3.70. The predicted molar refractivity (Wildman–Crippen MR) is 83.1 cm³/mol. The van der Waals surface area contributed by atoms with Crippen LogP contribution in [0, 0.1) is 3.57 Å². The van der Waals surface area contributed by atoms with Crippen molar-refractivity contribution in [3.8, 4) is 5.75 Å². The van der Waals surface area contributed by atoms with Crippen molar-refractivity contribution in [2.24, 2.45) is 0 Å². The Balaban J connectivity index is 2.40. The molecular formula is C12H9ClINO3S. The average Bonchev–Trinajstić information content (AvgIpc) is 2.33. The van der Waals surface area contributed by atoms with Gasteiger partial charge >= 0.3 is 0 Å². The Morgan fingerprint density at radius 2 is 1.84 bits per heavy atom. The summed E-state index contributed by atoms with van der Waals surface area (Å²) in [7, 11) is -3.83. The van der Waals surface area contributed by atoms with Crippen LogP contribution < -0.4 is 4.72 Å². The van der Waals surface area contributed by atoms with Crippen molar-refractivity contribution in [2.75, 3.05) is 4.72 Å². The number of hydrogen-bond donors (Lipinski definition) is 2. The third kappa shape index (κ3) is 3.31. The summed E-state index contributed by atoms with van der Waals surface area (Å²) in [5.41, 5.74) is 0.410. The van der Waals surface area contributed by atoms with E-state index < -0.39 is 10.0 Å². The Hall–Kier alpha value is -0.990. The van der Waals surface area contributed by atoms with Crippen molar-refractivity contribution in [2.45, 2.75) is 4.90 Å². The minimum Gasteiger partial charge on any atom is -0.507 e. The Morgan fingerprint density at radius 3 is 2.47 bits per heavy atom. The van der Waals surface area contributed by atoms with Crippen LogP contribution in [-0.4, -0.2) is 13.5 Å². The normalized spacial score (nSPS) is 11.3. The van der Waals surface area contributed by atoms with Crippen LogP contribution in [0.2, 0.25) is 5.02 Å². The number of phenols is 1. The molecule has 2 aromatic rings. The molecule has 7 heteroatoms. The maximum absolute atomic E-state index is 12.2. The standard InChI is InChI=1S/C12H9ClINO3S/c13-8-5-6-10(9(14)7-8)15-19(17,18)12-4-2-1-3-11(12)16/h1-7,15-16H. The van der Waals surface area contributed by atoms with Crippen LogP contribution in [-0.2, 0) is 10.0 Å². The molecule has 0 unspecified atom stereocenters. The monoisotopic (exact) mass is 409 g/mol. The highest BCUT2D eigenvalue weighted by Crippen LogP contribution is 2.27. The van der Waals surface area contributed by atoms with Gasteiger partial charge in [0.05, 0.1) is 5.69 Å². The summed E-state index contributed by atoms with van der Waals surface area (Å²) in [5.74, 6) is -0.293. The number of para-hydroxylation sites is 1. The minimum absolute atomic E-state index is 0.166. The van der Waals surface area contributed by atoms with Crippen LogP contribution in [0.4, 0.5) is 5.69 Å². The molecular weight excluding hydrogens is 401 g/mol. The molecule has 0 bridgehead atoms. The summed E-state index contributed by atoms with van der Waals surface area (Å²) >= 11 is 7.79. The smallest absolute Gasteiger partial charge is 0.265 e. The van der Waals surface area contributed by atoms with E-state index in [9.17, 15) is 13.5 Å². The van der Waals surface area contributed by atoms with Crippen molar-refractivity contribution in [3.63, 3.8) is 0 Å². The highest BCUT2D eigenvalue weighted by Gasteiger charge is 2.19. The van der Waals surface area contributed by atoms with Gasteiger partial charge in [-0.15, -0.1) is 0 Å². The van der Waals surface area contributed by atoms with Crippen molar-refractivity contribution in [1.29, 1.82) is 0 Å². The lowest BCUT2D eigenvalue weighted by molar-refractivity contribution is 0.459. The summed E-state index contributed by atoms with van der Waals surface area (Å²) in [6.45, 7) is 0. The fraction of sp³-hybridized carbons (Fsp3) is 0. The SMILES string of the molecule is O=S(=O)(Nc1ccc(Cl)cc1I)c1ccccc1O. The van der Waals surface area contributed by atoms with E-state index in [0.717, 1.165) is 0 Å². The summed E-state index contributed by atoms with van der Waals surface area (Å²) < 4.78 is 27.4. The van der Waals surface area contributed by atoms with Crippen LogP contribution in [0.25, 0.3) is 0 Å². The zero-order valence-electron chi connectivity index (χ0n) is 9.47. The van der Waals surface area contributed by atoms with E-state index in [1.807, 2.05) is 22.6 Å². The van der Waals surface area contributed by atoms with E-state index in [-0.39, 0.29) is 10.6 Å². The molecule has 2 rings (SSSR count). The van der Waals surface area contributed by atoms with Gasteiger partial charge in [0.1, 0.15) is 10.6 Å². The molecule has 2 aromatic carbocycles. The first-order chi connectivity index (χ1) is 8.90. The Kier molecular flexibility index (Phi) is 4.22. The highest BCUT2D eigenvalue weighted by atomic mass is 127. The highest BCUT2D eigenvalue weighted by molar-refractivity contribution is 14.1. The summed E-state index contributed by atoms with van der Waals surface area (Å²) in [6, 6.07) is 10.6. The molecule has 4 nitrogen and oxygen atoms in total. The fourth-order valence-electron chi connectivity index (χ4n) is 1.46. The molecule has 0 aromatic heterocycles. The van der Waals surface area contributed by atoms with Gasteiger partial charge < -0.3 is 5.11 Å². The number of halogens is 2. The molecule has 0 heterocycles. The third-order valence-corrected chi connectivity index (χ3v) is 4.87. The zero-order chi connectivity index (χ0) is 14.0. The largest absolute Gasteiger partial charge is 0.507 e. The van der Waals surface area contributed by atoms with Crippen LogP contribution in [0.15, 0.2) is 47.4 Å². The van der Waals surface area contributed by atoms with Gasteiger partial charge in [0, 0.05) is 8.59 Å². The molecule has 19 heavy (non-hydrogen) atoms. The molecule has 0 spiro atoms. The Bertz CT molecular complexity index is 719. The van der Waals surface area contributed by atoms with Gasteiger partial charge in [-0.25, -0.2) is 8.42 Å². The van der Waals surface area contributed by atoms with Gasteiger partial charge in [0.2, 0.25) is 0 Å². The van der Waals surface area contributed by atoms with Gasteiger partial charge in [0.15, 0.2) is 0 Å². The second kappa shape index (κ2) is 5.56. The number of aromatic hydroxyl groups is 1. The van der Waals surface area contributed by atoms with Crippen molar-refractivity contribution in [3.05, 3.63) is 51.1 Å². The van der Waals surface area contributed by atoms with Crippen molar-refractivity contribution < 1.29 is 13.5 Å². The molecule has 0 fully saturated rings. The van der Waals surface area contributed by atoms with E-state index >= 15 is 0 Å². The number of nitrogens with one attached hydrogen (secondary N) is 1. The molecule has 0 saturated heterocycles. The lowest BCUT2D eigenvalue weighted by atomic mass is 10.3. The van der Waals surface area contributed by atoms with Crippen LogP contribution >= 0.6 is 34.2 Å².